The Morgan fingerprint density at radius 3 is 1.17 bits per heavy atom. The maximum absolute atomic E-state index is 5.11. The molecule has 0 saturated carbocycles. The van der Waals surface area contributed by atoms with E-state index in [-0.39, 0.29) is 0 Å². The van der Waals surface area contributed by atoms with E-state index in [4.69, 9.17) is 5.73 Å². The number of hydrogen-bond acceptors (Lipinski definition) is 3. The van der Waals surface area contributed by atoms with Gasteiger partial charge in [0.25, 0.3) is 0 Å². The molecule has 0 spiro atoms. The topological polar surface area (TPSA) is 78.1 Å². The van der Waals surface area contributed by atoms with Crippen LogP contribution in [0.1, 0.15) is 13.8 Å². The first-order chi connectivity index (χ1) is 2.73. The third-order valence-corrected chi connectivity index (χ3v) is 0. The molecule has 6 N–H and O–H groups in total. The Bertz CT molecular complexity index is 10.8. The van der Waals surface area contributed by atoms with Crippen molar-refractivity contribution in [2.75, 3.05) is 0 Å². The average Bonchev–Trinajstić information content (AvgIpc) is 1.41. The monoisotopic (exact) mass is 91.1 g/mol. The van der Waals surface area contributed by atoms with Crippen molar-refractivity contribution >= 4 is 0 Å². The molecule has 0 aliphatic rings. The van der Waals surface area contributed by atoms with Crippen molar-refractivity contribution in [2.24, 2.45) is 17.4 Å². The van der Waals surface area contributed by atoms with Crippen LogP contribution in [0.4, 0.5) is 0 Å². The van der Waals surface area contributed by atoms with Crippen molar-refractivity contribution in [3.05, 3.63) is 0 Å². The zero-order valence-corrected chi connectivity index (χ0v) is 4.31. The lowest BCUT2D eigenvalue weighted by Gasteiger charge is -1.81. The number of rotatable bonds is 0. The zero-order chi connectivity index (χ0) is 5.58. The van der Waals surface area contributed by atoms with Crippen molar-refractivity contribution in [1.82, 2.24) is 0 Å². The summed E-state index contributed by atoms with van der Waals surface area (Å²) in [6, 6.07) is 0.333. The summed E-state index contributed by atoms with van der Waals surface area (Å²) >= 11 is 0. The van der Waals surface area contributed by atoms with E-state index in [1.165, 1.54) is 0 Å². The summed E-state index contributed by atoms with van der Waals surface area (Å²) in [6.45, 7) is 3.89. The molecule has 0 amide bonds. The van der Waals surface area contributed by atoms with Gasteiger partial charge in [-0.15, -0.1) is 0 Å². The Kier molecular flexibility index (Phi) is 13.7. The van der Waals surface area contributed by atoms with E-state index in [9.17, 15) is 0 Å². The molecule has 0 atom stereocenters. The lowest BCUT2D eigenvalue weighted by molar-refractivity contribution is 0.834. The largest absolute Gasteiger partial charge is 0.328 e. The molecule has 0 aliphatic carbocycles. The molecule has 0 fully saturated rings. The van der Waals surface area contributed by atoms with Crippen LogP contribution in [0.15, 0.2) is 0 Å². The van der Waals surface area contributed by atoms with Crippen LogP contribution >= 0.6 is 0 Å². The Labute approximate surface area is 38.5 Å². The minimum Gasteiger partial charge on any atom is -0.328 e. The van der Waals surface area contributed by atoms with E-state index in [2.05, 4.69) is 11.7 Å². The van der Waals surface area contributed by atoms with Gasteiger partial charge in [-0.2, -0.15) is 0 Å². The maximum Gasteiger partial charge on any atom is -0.00179 e. The molecular formula is C3H13N3. The van der Waals surface area contributed by atoms with Crippen LogP contribution in [-0.2, 0) is 0 Å². The number of hydrazine groups is 1. The highest BCUT2D eigenvalue weighted by molar-refractivity contribution is 4.32. The van der Waals surface area contributed by atoms with Crippen molar-refractivity contribution < 1.29 is 0 Å². The van der Waals surface area contributed by atoms with Crippen LogP contribution in [0.3, 0.4) is 0 Å². The van der Waals surface area contributed by atoms with Gasteiger partial charge in [-0.05, 0) is 6.04 Å². The smallest absolute Gasteiger partial charge is 0.00179 e. The Balaban J connectivity index is 0. The van der Waals surface area contributed by atoms with Gasteiger partial charge in [0.1, 0.15) is 0 Å². The summed E-state index contributed by atoms with van der Waals surface area (Å²) in [7, 11) is 0. The van der Waals surface area contributed by atoms with E-state index < -0.39 is 0 Å². The average molecular weight is 91.2 g/mol. The highest BCUT2D eigenvalue weighted by Crippen LogP contribution is 1.58. The molecule has 0 heterocycles. The first-order valence-electron chi connectivity index (χ1n) is 1.82. The Morgan fingerprint density at radius 2 is 1.17 bits per heavy atom. The fourth-order valence-electron chi connectivity index (χ4n) is 0. The predicted molar refractivity (Wildman–Crippen MR) is 27.7 cm³/mol. The number of nitrogens with two attached hydrogens (primary N) is 3. The summed E-state index contributed by atoms with van der Waals surface area (Å²) in [6.07, 6.45) is 0. The minimum atomic E-state index is 0.333. The molecule has 0 radical (unpaired) electrons. The van der Waals surface area contributed by atoms with Gasteiger partial charge in [0.2, 0.25) is 0 Å². The van der Waals surface area contributed by atoms with Gasteiger partial charge in [-0.25, -0.2) is 0 Å². The fourth-order valence-corrected chi connectivity index (χ4v) is 0. The zero-order valence-electron chi connectivity index (χ0n) is 4.31. The van der Waals surface area contributed by atoms with E-state index in [1.54, 1.807) is 0 Å². The van der Waals surface area contributed by atoms with Crippen molar-refractivity contribution in [1.29, 1.82) is 0 Å². The van der Waals surface area contributed by atoms with Gasteiger partial charge in [0, 0.05) is 0 Å². The predicted octanol–water partition coefficient (Wildman–Crippen LogP) is -0.828. The molecule has 0 bridgehead atoms. The van der Waals surface area contributed by atoms with Gasteiger partial charge < -0.3 is 5.73 Å². The molecule has 0 aromatic rings. The van der Waals surface area contributed by atoms with Crippen molar-refractivity contribution in [2.45, 2.75) is 19.9 Å². The van der Waals surface area contributed by atoms with Crippen LogP contribution in [0.2, 0.25) is 0 Å². The molecular weight excluding hydrogens is 78.1 g/mol. The van der Waals surface area contributed by atoms with E-state index >= 15 is 0 Å². The minimum absolute atomic E-state index is 0.333. The lowest BCUT2D eigenvalue weighted by atomic mass is 10.5. The summed E-state index contributed by atoms with van der Waals surface area (Å²) in [5.41, 5.74) is 5.11. The molecule has 40 valence electrons. The van der Waals surface area contributed by atoms with Crippen molar-refractivity contribution in [3.63, 3.8) is 0 Å². The molecule has 0 rings (SSSR count). The normalized spacial score (nSPS) is 7.00. The van der Waals surface area contributed by atoms with Crippen LogP contribution < -0.4 is 17.4 Å². The van der Waals surface area contributed by atoms with E-state index in [0.717, 1.165) is 0 Å². The van der Waals surface area contributed by atoms with Crippen molar-refractivity contribution in [3.8, 4) is 0 Å². The molecule has 0 saturated heterocycles. The van der Waals surface area contributed by atoms with Crippen LogP contribution in [0.25, 0.3) is 0 Å². The maximum atomic E-state index is 5.11. The highest BCUT2D eigenvalue weighted by Gasteiger charge is 1.67. The van der Waals surface area contributed by atoms with E-state index in [0.29, 0.717) is 6.04 Å². The van der Waals surface area contributed by atoms with Crippen LogP contribution in [0, 0.1) is 0 Å². The Morgan fingerprint density at radius 1 is 1.17 bits per heavy atom. The molecule has 3 heteroatoms. The quantitative estimate of drug-likeness (QED) is 0.269. The van der Waals surface area contributed by atoms with Gasteiger partial charge >= 0.3 is 0 Å². The third kappa shape index (κ3) is 2230. The second-order valence-electron chi connectivity index (χ2n) is 1.24. The summed E-state index contributed by atoms with van der Waals surface area (Å²) in [5.74, 6) is 8.00. The van der Waals surface area contributed by atoms with Crippen LogP contribution in [-0.4, -0.2) is 6.04 Å². The van der Waals surface area contributed by atoms with E-state index in [1.807, 2.05) is 13.8 Å². The summed E-state index contributed by atoms with van der Waals surface area (Å²) in [5, 5.41) is 0. The molecule has 0 aliphatic heterocycles. The lowest BCUT2D eigenvalue weighted by Crippen LogP contribution is -2.06. The first kappa shape index (κ1) is 9.30. The molecule has 0 aromatic heterocycles. The molecule has 3 nitrogen and oxygen atoms in total. The van der Waals surface area contributed by atoms with Gasteiger partial charge in [0.05, 0.1) is 0 Å². The molecule has 0 unspecified atom stereocenters. The van der Waals surface area contributed by atoms with Crippen LogP contribution in [0.5, 0.6) is 0 Å². The summed E-state index contributed by atoms with van der Waals surface area (Å²) in [4.78, 5) is 0. The molecule has 6 heavy (non-hydrogen) atoms. The van der Waals surface area contributed by atoms with Gasteiger partial charge in [0.15, 0.2) is 0 Å². The first-order valence-corrected chi connectivity index (χ1v) is 1.82. The number of hydrogen-bond donors (Lipinski definition) is 3. The second-order valence-corrected chi connectivity index (χ2v) is 1.24. The Hall–Kier alpha value is -0.120. The third-order valence-electron chi connectivity index (χ3n) is 0. The fraction of sp³-hybridized carbons (Fsp3) is 1.00. The standard InChI is InChI=1S/C3H9N.H4N2/c1-3(2)4;1-2/h3H,4H2,1-2H3;1-2H2. The van der Waals surface area contributed by atoms with Gasteiger partial charge in [-0.1, -0.05) is 13.8 Å². The van der Waals surface area contributed by atoms with Gasteiger partial charge in [-0.3, -0.25) is 11.7 Å². The second kappa shape index (κ2) is 8.86. The SMILES string of the molecule is CC(C)N.NN. The highest BCUT2D eigenvalue weighted by atomic mass is 15.0. The molecule has 0 aromatic carbocycles. The summed E-state index contributed by atoms with van der Waals surface area (Å²) < 4.78 is 0.